The first-order valence-corrected chi connectivity index (χ1v) is 5.95. The van der Waals surface area contributed by atoms with Gasteiger partial charge in [0, 0.05) is 18.4 Å². The van der Waals surface area contributed by atoms with Gasteiger partial charge in [0.15, 0.2) is 5.82 Å². The summed E-state index contributed by atoms with van der Waals surface area (Å²) in [6.07, 6.45) is 5.93. The van der Waals surface area contributed by atoms with E-state index in [0.717, 1.165) is 11.7 Å². The summed E-state index contributed by atoms with van der Waals surface area (Å²) in [6.45, 7) is 6.20. The summed E-state index contributed by atoms with van der Waals surface area (Å²) in [4.78, 5) is 8.49. The molecule has 88 valence electrons. The Hall–Kier alpha value is -1.32. The van der Waals surface area contributed by atoms with Gasteiger partial charge in [-0.05, 0) is 26.2 Å². The highest BCUT2D eigenvalue weighted by Crippen LogP contribution is 2.37. The van der Waals surface area contributed by atoms with Gasteiger partial charge in [0.05, 0.1) is 6.10 Å². The van der Waals surface area contributed by atoms with E-state index in [1.807, 2.05) is 13.8 Å². The molecule has 0 aromatic carbocycles. The first-order chi connectivity index (χ1) is 7.70. The maximum Gasteiger partial charge on any atom is 0.257 e. The number of hydrogen-bond acceptors (Lipinski definition) is 4. The number of ether oxygens (including phenoxy) is 1. The van der Waals surface area contributed by atoms with E-state index >= 15 is 0 Å². The first kappa shape index (κ1) is 11.2. The van der Waals surface area contributed by atoms with Gasteiger partial charge in [0.2, 0.25) is 0 Å². The van der Waals surface area contributed by atoms with Crippen molar-refractivity contribution in [2.24, 2.45) is 5.92 Å². The van der Waals surface area contributed by atoms with Crippen molar-refractivity contribution in [3.05, 3.63) is 12.4 Å². The van der Waals surface area contributed by atoms with Crippen LogP contribution < -0.4 is 10.1 Å². The SMILES string of the molecule is CCC1CC1Nc1nccnc1OC(C)C. The van der Waals surface area contributed by atoms with Crippen molar-refractivity contribution in [1.82, 2.24) is 9.97 Å². The molecule has 1 saturated carbocycles. The van der Waals surface area contributed by atoms with Crippen molar-refractivity contribution in [2.45, 2.75) is 45.8 Å². The van der Waals surface area contributed by atoms with E-state index in [1.165, 1.54) is 12.8 Å². The smallest absolute Gasteiger partial charge is 0.257 e. The fraction of sp³-hybridized carbons (Fsp3) is 0.667. The normalized spacial score (nSPS) is 23.2. The van der Waals surface area contributed by atoms with Gasteiger partial charge < -0.3 is 10.1 Å². The van der Waals surface area contributed by atoms with Gasteiger partial charge in [-0.15, -0.1) is 0 Å². The summed E-state index contributed by atoms with van der Waals surface area (Å²) >= 11 is 0. The second kappa shape index (κ2) is 4.68. The van der Waals surface area contributed by atoms with E-state index in [0.29, 0.717) is 11.9 Å². The fourth-order valence-corrected chi connectivity index (χ4v) is 1.78. The number of aromatic nitrogens is 2. The first-order valence-electron chi connectivity index (χ1n) is 5.95. The van der Waals surface area contributed by atoms with Crippen molar-refractivity contribution >= 4 is 5.82 Å². The molecule has 2 rings (SSSR count). The molecule has 1 N–H and O–H groups in total. The Morgan fingerprint density at radius 1 is 1.44 bits per heavy atom. The van der Waals surface area contributed by atoms with Crippen LogP contribution in [0.2, 0.25) is 0 Å². The molecule has 1 aromatic rings. The quantitative estimate of drug-likeness (QED) is 0.829. The molecular weight excluding hydrogens is 202 g/mol. The fourth-order valence-electron chi connectivity index (χ4n) is 1.78. The standard InChI is InChI=1S/C12H19N3O/c1-4-9-7-10(9)15-11-12(16-8(2)3)14-6-5-13-11/h5-6,8-10H,4,7H2,1-3H3,(H,13,15). The predicted octanol–water partition coefficient (Wildman–Crippen LogP) is 2.47. The van der Waals surface area contributed by atoms with Gasteiger partial charge in [0.1, 0.15) is 0 Å². The molecule has 0 amide bonds. The average Bonchev–Trinajstić information content (AvgIpc) is 2.99. The Morgan fingerprint density at radius 2 is 2.19 bits per heavy atom. The van der Waals surface area contributed by atoms with E-state index in [2.05, 4.69) is 22.2 Å². The number of nitrogens with zero attached hydrogens (tertiary/aromatic N) is 2. The molecule has 0 bridgehead atoms. The van der Waals surface area contributed by atoms with Crippen LogP contribution in [0.5, 0.6) is 5.88 Å². The molecule has 1 aliphatic carbocycles. The predicted molar refractivity (Wildman–Crippen MR) is 63.6 cm³/mol. The van der Waals surface area contributed by atoms with Crippen LogP contribution in [0.15, 0.2) is 12.4 Å². The van der Waals surface area contributed by atoms with E-state index in [1.54, 1.807) is 12.4 Å². The molecule has 1 heterocycles. The minimum absolute atomic E-state index is 0.124. The van der Waals surface area contributed by atoms with E-state index in [-0.39, 0.29) is 6.10 Å². The van der Waals surface area contributed by atoms with Crippen molar-refractivity contribution in [1.29, 1.82) is 0 Å². The average molecular weight is 221 g/mol. The Morgan fingerprint density at radius 3 is 2.81 bits per heavy atom. The van der Waals surface area contributed by atoms with Crippen LogP contribution in [0.4, 0.5) is 5.82 Å². The number of rotatable bonds is 5. The zero-order chi connectivity index (χ0) is 11.5. The third-order valence-corrected chi connectivity index (χ3v) is 2.78. The maximum absolute atomic E-state index is 5.61. The second-order valence-electron chi connectivity index (χ2n) is 4.53. The van der Waals surface area contributed by atoms with Crippen LogP contribution in [-0.4, -0.2) is 22.1 Å². The molecule has 2 atom stereocenters. The van der Waals surface area contributed by atoms with E-state index in [4.69, 9.17) is 4.74 Å². The summed E-state index contributed by atoms with van der Waals surface area (Å²) < 4.78 is 5.61. The van der Waals surface area contributed by atoms with Crippen LogP contribution in [0.3, 0.4) is 0 Å². The van der Waals surface area contributed by atoms with Gasteiger partial charge in [-0.3, -0.25) is 0 Å². The molecule has 4 nitrogen and oxygen atoms in total. The third kappa shape index (κ3) is 2.62. The van der Waals surface area contributed by atoms with Gasteiger partial charge >= 0.3 is 0 Å². The lowest BCUT2D eigenvalue weighted by Crippen LogP contribution is -2.12. The van der Waals surface area contributed by atoms with Crippen LogP contribution >= 0.6 is 0 Å². The molecule has 2 unspecified atom stereocenters. The molecule has 4 heteroatoms. The number of nitrogens with one attached hydrogen (secondary N) is 1. The zero-order valence-electron chi connectivity index (χ0n) is 10.1. The Bertz CT molecular complexity index is 354. The number of hydrogen-bond donors (Lipinski definition) is 1. The molecule has 1 aromatic heterocycles. The molecule has 0 aliphatic heterocycles. The third-order valence-electron chi connectivity index (χ3n) is 2.78. The lowest BCUT2D eigenvalue weighted by molar-refractivity contribution is 0.233. The minimum Gasteiger partial charge on any atom is -0.472 e. The van der Waals surface area contributed by atoms with Crippen molar-refractivity contribution in [3.63, 3.8) is 0 Å². The van der Waals surface area contributed by atoms with Crippen LogP contribution in [0.25, 0.3) is 0 Å². The summed E-state index contributed by atoms with van der Waals surface area (Å²) in [6, 6.07) is 0.552. The molecular formula is C12H19N3O. The maximum atomic E-state index is 5.61. The van der Waals surface area contributed by atoms with E-state index < -0.39 is 0 Å². The van der Waals surface area contributed by atoms with Gasteiger partial charge in [-0.2, -0.15) is 0 Å². The molecule has 0 radical (unpaired) electrons. The highest BCUT2D eigenvalue weighted by atomic mass is 16.5. The summed E-state index contributed by atoms with van der Waals surface area (Å²) in [5, 5.41) is 3.39. The molecule has 1 aliphatic rings. The Labute approximate surface area is 96.4 Å². The lowest BCUT2D eigenvalue weighted by Gasteiger charge is -2.12. The molecule has 0 saturated heterocycles. The zero-order valence-corrected chi connectivity index (χ0v) is 10.1. The topological polar surface area (TPSA) is 47.0 Å². The highest BCUT2D eigenvalue weighted by Gasteiger charge is 2.36. The van der Waals surface area contributed by atoms with Gasteiger partial charge in [-0.25, -0.2) is 9.97 Å². The summed E-state index contributed by atoms with van der Waals surface area (Å²) in [5.74, 6) is 2.17. The lowest BCUT2D eigenvalue weighted by atomic mass is 10.3. The van der Waals surface area contributed by atoms with Gasteiger partial charge in [-0.1, -0.05) is 13.3 Å². The molecule has 1 fully saturated rings. The Balaban J connectivity index is 2.02. The van der Waals surface area contributed by atoms with Crippen LogP contribution in [-0.2, 0) is 0 Å². The summed E-state index contributed by atoms with van der Waals surface area (Å²) in [5.41, 5.74) is 0. The van der Waals surface area contributed by atoms with Crippen molar-refractivity contribution in [2.75, 3.05) is 5.32 Å². The molecule has 16 heavy (non-hydrogen) atoms. The number of anilines is 1. The monoisotopic (exact) mass is 221 g/mol. The van der Waals surface area contributed by atoms with Crippen molar-refractivity contribution < 1.29 is 4.74 Å². The Kier molecular flexibility index (Phi) is 3.27. The summed E-state index contributed by atoms with van der Waals surface area (Å²) in [7, 11) is 0. The largest absolute Gasteiger partial charge is 0.472 e. The van der Waals surface area contributed by atoms with Gasteiger partial charge in [0.25, 0.3) is 5.88 Å². The van der Waals surface area contributed by atoms with Crippen LogP contribution in [0.1, 0.15) is 33.6 Å². The second-order valence-corrected chi connectivity index (χ2v) is 4.53. The van der Waals surface area contributed by atoms with Crippen molar-refractivity contribution in [3.8, 4) is 5.88 Å². The highest BCUT2D eigenvalue weighted by molar-refractivity contribution is 5.46. The van der Waals surface area contributed by atoms with E-state index in [9.17, 15) is 0 Å². The van der Waals surface area contributed by atoms with Crippen LogP contribution in [0, 0.1) is 5.92 Å². The minimum atomic E-state index is 0.124. The molecule has 0 spiro atoms.